The van der Waals surface area contributed by atoms with Crippen LogP contribution in [0.4, 0.5) is 5.69 Å². The van der Waals surface area contributed by atoms with Crippen molar-refractivity contribution in [3.63, 3.8) is 0 Å². The molecule has 2 heteroatoms. The van der Waals surface area contributed by atoms with Gasteiger partial charge in [0.1, 0.15) is 0 Å². The van der Waals surface area contributed by atoms with Crippen LogP contribution < -0.4 is 5.32 Å². The number of nitrogens with zero attached hydrogens (tertiary/aromatic N) is 1. The van der Waals surface area contributed by atoms with Gasteiger partial charge in [0.15, 0.2) is 0 Å². The molecule has 0 amide bonds. The van der Waals surface area contributed by atoms with Gasteiger partial charge in [-0.15, -0.1) is 0 Å². The molecule has 1 aliphatic heterocycles. The summed E-state index contributed by atoms with van der Waals surface area (Å²) in [6, 6.07) is 19.7. The van der Waals surface area contributed by atoms with Gasteiger partial charge in [-0.25, -0.2) is 4.98 Å². The van der Waals surface area contributed by atoms with Crippen LogP contribution in [0, 0.1) is 5.92 Å². The van der Waals surface area contributed by atoms with Crippen molar-refractivity contribution in [3.05, 3.63) is 161 Å². The Bertz CT molecular complexity index is 1940. The number of allylic oxidation sites excluding steroid dienone is 11. The number of fused-ring (bicyclic) bond motifs is 5. The summed E-state index contributed by atoms with van der Waals surface area (Å²) in [5.74, 6) is 0.343. The number of hydrogen-bond donors (Lipinski definition) is 1. The molecular weight excluding hydrogens is 520 g/mol. The van der Waals surface area contributed by atoms with Crippen LogP contribution in [0.15, 0.2) is 134 Å². The molecule has 212 valence electrons. The van der Waals surface area contributed by atoms with Gasteiger partial charge in [-0.3, -0.25) is 0 Å². The van der Waals surface area contributed by atoms with E-state index in [1.807, 2.05) is 32.1 Å². The standard InChI is InChI=1S/C41H38N2/c1-6-9-10-14-28(5)39-35-15-11-12-16-38(35)43-41-36(39)23-21-29-22-24-37(42-40(29)41)33-20-18-30-25-32(19-17-31(30)26-33)34(8-3)27(4)13-7-2/h6-24,26,32,37,42H,4-5,25H2,1-3H3/b9-6-,13-7-,14-10-,34-8+. The first kappa shape index (κ1) is 28.2. The number of para-hydroxylation sites is 1. The molecule has 1 N–H and O–H groups in total. The van der Waals surface area contributed by atoms with E-state index in [1.54, 1.807) is 0 Å². The predicted molar refractivity (Wildman–Crippen MR) is 188 cm³/mol. The number of rotatable bonds is 7. The number of hydrogen-bond acceptors (Lipinski definition) is 2. The number of benzene rings is 3. The highest BCUT2D eigenvalue weighted by Crippen LogP contribution is 2.41. The third-order valence-electron chi connectivity index (χ3n) is 8.50. The zero-order valence-corrected chi connectivity index (χ0v) is 25.3. The number of pyridine rings is 1. The zero-order valence-electron chi connectivity index (χ0n) is 25.3. The molecule has 2 heterocycles. The quantitative estimate of drug-likeness (QED) is 0.180. The van der Waals surface area contributed by atoms with Gasteiger partial charge in [-0.05, 0) is 83.9 Å². The highest BCUT2D eigenvalue weighted by molar-refractivity contribution is 6.11. The first-order valence-corrected chi connectivity index (χ1v) is 15.1. The lowest BCUT2D eigenvalue weighted by molar-refractivity contribution is 0.755. The molecule has 4 aromatic rings. The monoisotopic (exact) mass is 558 g/mol. The maximum Gasteiger partial charge on any atom is 0.0953 e. The van der Waals surface area contributed by atoms with Crippen molar-refractivity contribution in [1.29, 1.82) is 0 Å². The Morgan fingerprint density at radius 3 is 2.51 bits per heavy atom. The molecule has 0 bridgehead atoms. The van der Waals surface area contributed by atoms with Gasteiger partial charge in [0.05, 0.1) is 22.8 Å². The Labute approximate surface area is 255 Å². The van der Waals surface area contributed by atoms with Crippen molar-refractivity contribution in [3.8, 4) is 0 Å². The van der Waals surface area contributed by atoms with Gasteiger partial charge in [0, 0.05) is 16.7 Å². The summed E-state index contributed by atoms with van der Waals surface area (Å²) < 4.78 is 0. The molecule has 0 radical (unpaired) electrons. The van der Waals surface area contributed by atoms with Crippen LogP contribution in [-0.2, 0) is 6.42 Å². The van der Waals surface area contributed by atoms with Crippen molar-refractivity contribution < 1.29 is 0 Å². The van der Waals surface area contributed by atoms with Crippen molar-refractivity contribution in [1.82, 2.24) is 4.98 Å². The van der Waals surface area contributed by atoms with Crippen LogP contribution in [0.1, 0.15) is 54.6 Å². The first-order valence-electron chi connectivity index (χ1n) is 15.1. The van der Waals surface area contributed by atoms with E-state index in [0.717, 1.165) is 56.2 Å². The fourth-order valence-corrected chi connectivity index (χ4v) is 6.39. The maximum absolute atomic E-state index is 5.19. The largest absolute Gasteiger partial charge is 0.372 e. The third-order valence-corrected chi connectivity index (χ3v) is 8.50. The maximum atomic E-state index is 5.19. The van der Waals surface area contributed by atoms with Gasteiger partial charge >= 0.3 is 0 Å². The molecular formula is C41H38N2. The van der Waals surface area contributed by atoms with Gasteiger partial charge in [-0.1, -0.05) is 122 Å². The summed E-state index contributed by atoms with van der Waals surface area (Å²) in [5.41, 5.74) is 12.5. The molecule has 6 rings (SSSR count). The number of anilines is 1. The van der Waals surface area contributed by atoms with E-state index in [0.29, 0.717) is 5.92 Å². The van der Waals surface area contributed by atoms with Crippen molar-refractivity contribution in [2.24, 2.45) is 5.92 Å². The van der Waals surface area contributed by atoms with Crippen molar-refractivity contribution in [2.75, 3.05) is 5.32 Å². The lowest BCUT2D eigenvalue weighted by Gasteiger charge is -2.27. The molecule has 43 heavy (non-hydrogen) atoms. The summed E-state index contributed by atoms with van der Waals surface area (Å²) in [7, 11) is 0. The van der Waals surface area contributed by atoms with E-state index in [1.165, 1.54) is 22.3 Å². The highest BCUT2D eigenvalue weighted by atomic mass is 14.9. The van der Waals surface area contributed by atoms with Gasteiger partial charge < -0.3 is 5.32 Å². The van der Waals surface area contributed by atoms with Gasteiger partial charge in [0.2, 0.25) is 0 Å². The van der Waals surface area contributed by atoms with Crippen LogP contribution in [-0.4, -0.2) is 4.98 Å². The van der Waals surface area contributed by atoms with Crippen LogP contribution >= 0.6 is 0 Å². The predicted octanol–water partition coefficient (Wildman–Crippen LogP) is 11.0. The molecule has 3 aromatic carbocycles. The molecule has 2 nitrogen and oxygen atoms in total. The fourth-order valence-electron chi connectivity index (χ4n) is 6.39. The van der Waals surface area contributed by atoms with E-state index < -0.39 is 0 Å². The van der Waals surface area contributed by atoms with Crippen LogP contribution in [0.5, 0.6) is 0 Å². The highest BCUT2D eigenvalue weighted by Gasteiger charge is 2.23. The summed E-state index contributed by atoms with van der Waals surface area (Å²) in [4.78, 5) is 5.19. The summed E-state index contributed by atoms with van der Waals surface area (Å²) in [6.07, 6.45) is 24.6. The average molecular weight is 559 g/mol. The average Bonchev–Trinajstić information content (AvgIpc) is 3.03. The van der Waals surface area contributed by atoms with E-state index in [4.69, 9.17) is 4.98 Å². The molecule has 2 aliphatic rings. The molecule has 0 spiro atoms. The minimum atomic E-state index is 0.0459. The van der Waals surface area contributed by atoms with Gasteiger partial charge in [-0.2, -0.15) is 0 Å². The Morgan fingerprint density at radius 2 is 1.70 bits per heavy atom. The van der Waals surface area contributed by atoms with E-state index in [-0.39, 0.29) is 6.04 Å². The minimum Gasteiger partial charge on any atom is -0.372 e. The minimum absolute atomic E-state index is 0.0459. The normalized spacial score (nSPS) is 18.1. The molecule has 0 saturated heterocycles. The lowest BCUT2D eigenvalue weighted by atomic mass is 9.81. The van der Waals surface area contributed by atoms with E-state index in [9.17, 15) is 0 Å². The van der Waals surface area contributed by atoms with Crippen molar-refractivity contribution in [2.45, 2.75) is 33.2 Å². The van der Waals surface area contributed by atoms with E-state index >= 15 is 0 Å². The molecule has 2 atom stereocenters. The van der Waals surface area contributed by atoms with E-state index in [2.05, 4.69) is 129 Å². The second kappa shape index (κ2) is 12.1. The number of aromatic nitrogens is 1. The Balaban J connectivity index is 1.36. The first-order chi connectivity index (χ1) is 21.0. The number of nitrogens with one attached hydrogen (secondary N) is 1. The van der Waals surface area contributed by atoms with Crippen LogP contribution in [0.2, 0.25) is 0 Å². The molecule has 2 unspecified atom stereocenters. The fraction of sp³-hybridized carbons (Fsp3) is 0.146. The van der Waals surface area contributed by atoms with Crippen molar-refractivity contribution >= 4 is 45.2 Å². The SMILES string of the molecule is C=C(/C=C\C)/C(=C\C)C1C=Cc2cc(C3C=Cc4ccc5c(C(=C)/C=C\C=C/C)c6ccccc6nc5c4N3)ccc2C1. The molecule has 0 saturated carbocycles. The Hall–Kier alpha value is -4.95. The second-order valence-electron chi connectivity index (χ2n) is 11.2. The third kappa shape index (κ3) is 5.37. The Kier molecular flexibility index (Phi) is 7.94. The summed E-state index contributed by atoms with van der Waals surface area (Å²) in [6.45, 7) is 14.9. The molecule has 1 aromatic heterocycles. The Morgan fingerprint density at radius 1 is 0.860 bits per heavy atom. The second-order valence-corrected chi connectivity index (χ2v) is 11.2. The van der Waals surface area contributed by atoms with Crippen LogP contribution in [0.25, 0.3) is 39.5 Å². The smallest absolute Gasteiger partial charge is 0.0953 e. The molecule has 0 fully saturated rings. The topological polar surface area (TPSA) is 24.9 Å². The zero-order chi connectivity index (χ0) is 29.9. The van der Waals surface area contributed by atoms with Crippen LogP contribution in [0.3, 0.4) is 0 Å². The molecule has 1 aliphatic carbocycles. The van der Waals surface area contributed by atoms with Gasteiger partial charge in [0.25, 0.3) is 0 Å². The lowest BCUT2D eigenvalue weighted by Crippen LogP contribution is -2.15. The summed E-state index contributed by atoms with van der Waals surface area (Å²) >= 11 is 0. The summed E-state index contributed by atoms with van der Waals surface area (Å²) in [5, 5.41) is 6.07.